The van der Waals surface area contributed by atoms with E-state index in [0.717, 1.165) is 41.5 Å². The van der Waals surface area contributed by atoms with Crippen LogP contribution in [0.15, 0.2) is 46.9 Å². The van der Waals surface area contributed by atoms with Crippen molar-refractivity contribution in [2.24, 2.45) is 0 Å². The minimum absolute atomic E-state index is 0.0436. The normalized spacial score (nSPS) is 13.2. The average Bonchev–Trinajstić information content (AvgIpc) is 3.04. The number of carbonyl (C=O) groups excluding carboxylic acids is 2. The van der Waals surface area contributed by atoms with Crippen LogP contribution in [0.1, 0.15) is 45.6 Å². The van der Waals surface area contributed by atoms with Crippen LogP contribution in [0.5, 0.6) is 0 Å². The quantitative estimate of drug-likeness (QED) is 0.166. The van der Waals surface area contributed by atoms with E-state index in [1.54, 1.807) is 46.2 Å². The number of amides is 1. The van der Waals surface area contributed by atoms with Crippen LogP contribution in [0, 0.1) is 0 Å². The lowest BCUT2D eigenvalue weighted by atomic mass is 10.1. The summed E-state index contributed by atoms with van der Waals surface area (Å²) in [5.74, 6) is -0.423. The van der Waals surface area contributed by atoms with Crippen molar-refractivity contribution in [1.29, 1.82) is 0 Å². The van der Waals surface area contributed by atoms with Gasteiger partial charge in [0.25, 0.3) is 5.56 Å². The van der Waals surface area contributed by atoms with Crippen LogP contribution in [-0.2, 0) is 35.5 Å². The highest BCUT2D eigenvalue weighted by molar-refractivity contribution is 7.99. The number of allylic oxidation sites excluding steroid dienone is 1. The van der Waals surface area contributed by atoms with Gasteiger partial charge >= 0.3 is 5.97 Å². The highest BCUT2D eigenvalue weighted by atomic mass is 32.2. The van der Waals surface area contributed by atoms with Gasteiger partial charge in [0.2, 0.25) is 5.91 Å². The maximum Gasteiger partial charge on any atom is 0.337 e. The van der Waals surface area contributed by atoms with E-state index in [-0.39, 0.29) is 17.2 Å². The van der Waals surface area contributed by atoms with Crippen LogP contribution >= 0.6 is 23.1 Å². The molecule has 0 saturated heterocycles. The Morgan fingerprint density at radius 2 is 2.00 bits per heavy atom. The van der Waals surface area contributed by atoms with Gasteiger partial charge in [-0.05, 0) is 48.9 Å². The lowest BCUT2D eigenvalue weighted by Crippen LogP contribution is -2.26. The van der Waals surface area contributed by atoms with Gasteiger partial charge in [0, 0.05) is 18.0 Å². The summed E-state index contributed by atoms with van der Waals surface area (Å²) in [6.07, 6.45) is 7.05. The number of methoxy groups -OCH3 is 1. The van der Waals surface area contributed by atoms with Gasteiger partial charge in [0.1, 0.15) is 4.83 Å². The molecule has 178 valence electrons. The van der Waals surface area contributed by atoms with E-state index in [9.17, 15) is 14.4 Å². The number of aryl methyl sites for hydroxylation is 2. The van der Waals surface area contributed by atoms with Gasteiger partial charge in [-0.15, -0.1) is 17.9 Å². The largest absolute Gasteiger partial charge is 0.465 e. The maximum atomic E-state index is 13.4. The zero-order valence-electron chi connectivity index (χ0n) is 19.1. The number of hydrogen-bond donors (Lipinski definition) is 1. The number of thioether (sulfide) groups is 1. The number of carbonyl (C=O) groups is 2. The van der Waals surface area contributed by atoms with Crippen molar-refractivity contribution in [3.8, 4) is 0 Å². The molecule has 0 spiro atoms. The molecule has 1 amide bonds. The van der Waals surface area contributed by atoms with Crippen molar-refractivity contribution in [2.45, 2.75) is 50.4 Å². The van der Waals surface area contributed by atoms with E-state index in [0.29, 0.717) is 23.8 Å². The molecule has 34 heavy (non-hydrogen) atoms. The number of benzene rings is 1. The maximum absolute atomic E-state index is 13.4. The van der Waals surface area contributed by atoms with E-state index in [4.69, 9.17) is 9.72 Å². The molecule has 0 aliphatic heterocycles. The zero-order chi connectivity index (χ0) is 24.1. The fraction of sp³-hybridized carbons (Fsp3) is 0.360. The highest BCUT2D eigenvalue weighted by Crippen LogP contribution is 2.34. The predicted molar refractivity (Wildman–Crippen MR) is 136 cm³/mol. The van der Waals surface area contributed by atoms with Gasteiger partial charge in [-0.2, -0.15) is 0 Å². The Bertz CT molecular complexity index is 1280. The molecule has 0 fully saturated rings. The number of aromatic nitrogens is 2. The fourth-order valence-electron chi connectivity index (χ4n) is 4.06. The SMILES string of the molecule is C=CCn1c(SCC(=O)NCc2ccc(C(=O)OC)cc2)nc2sc3c(c2c1=O)CCCCC3. The van der Waals surface area contributed by atoms with Gasteiger partial charge in [0.15, 0.2) is 5.16 Å². The molecule has 0 radical (unpaired) electrons. The highest BCUT2D eigenvalue weighted by Gasteiger charge is 2.21. The first kappa shape index (κ1) is 24.2. The summed E-state index contributed by atoms with van der Waals surface area (Å²) in [5.41, 5.74) is 2.45. The lowest BCUT2D eigenvalue weighted by molar-refractivity contribution is -0.118. The summed E-state index contributed by atoms with van der Waals surface area (Å²) >= 11 is 2.87. The Kier molecular flexibility index (Phi) is 7.84. The number of fused-ring (bicyclic) bond motifs is 3. The summed E-state index contributed by atoms with van der Waals surface area (Å²) in [7, 11) is 1.34. The number of esters is 1. The summed E-state index contributed by atoms with van der Waals surface area (Å²) in [5, 5.41) is 4.15. The lowest BCUT2D eigenvalue weighted by Gasteiger charge is -2.11. The van der Waals surface area contributed by atoms with Gasteiger partial charge in [0.05, 0.1) is 23.8 Å². The molecule has 0 unspecified atom stereocenters. The Morgan fingerprint density at radius 3 is 2.74 bits per heavy atom. The van der Waals surface area contributed by atoms with E-state index in [1.165, 1.54) is 35.7 Å². The van der Waals surface area contributed by atoms with Gasteiger partial charge < -0.3 is 10.1 Å². The summed E-state index contributed by atoms with van der Waals surface area (Å²) in [6, 6.07) is 6.88. The third-order valence-corrected chi connectivity index (χ3v) is 7.96. The van der Waals surface area contributed by atoms with Crippen molar-refractivity contribution in [1.82, 2.24) is 14.9 Å². The summed E-state index contributed by atoms with van der Waals surface area (Å²) in [6.45, 7) is 4.47. The van der Waals surface area contributed by atoms with E-state index in [2.05, 4.69) is 11.9 Å². The van der Waals surface area contributed by atoms with Crippen LogP contribution < -0.4 is 10.9 Å². The molecular formula is C25H27N3O4S2. The summed E-state index contributed by atoms with van der Waals surface area (Å²) < 4.78 is 6.31. The van der Waals surface area contributed by atoms with E-state index < -0.39 is 5.97 Å². The van der Waals surface area contributed by atoms with Crippen molar-refractivity contribution in [3.05, 3.63) is 68.8 Å². The standard InChI is InChI=1S/C25H27N3O4S2/c1-3-13-28-23(30)21-18-7-5-4-6-8-19(18)34-22(21)27-25(28)33-15-20(29)26-14-16-9-11-17(12-10-16)24(31)32-2/h3,9-12H,1,4-8,13-15H2,2H3,(H,26,29). The van der Waals surface area contributed by atoms with Crippen molar-refractivity contribution >= 4 is 45.2 Å². The number of nitrogens with one attached hydrogen (secondary N) is 1. The molecular weight excluding hydrogens is 470 g/mol. The summed E-state index contributed by atoms with van der Waals surface area (Å²) in [4.78, 5) is 44.2. The number of rotatable bonds is 8. The van der Waals surface area contributed by atoms with Crippen molar-refractivity contribution < 1.29 is 14.3 Å². The minimum atomic E-state index is -0.399. The Hall–Kier alpha value is -2.91. The molecule has 2 aromatic heterocycles. The molecule has 7 nitrogen and oxygen atoms in total. The number of ether oxygens (including phenoxy) is 1. The molecule has 0 saturated carbocycles. The molecule has 1 aromatic carbocycles. The van der Waals surface area contributed by atoms with Crippen LogP contribution in [0.4, 0.5) is 0 Å². The zero-order valence-corrected chi connectivity index (χ0v) is 20.7. The monoisotopic (exact) mass is 497 g/mol. The topological polar surface area (TPSA) is 90.3 Å². The molecule has 0 atom stereocenters. The van der Waals surface area contributed by atoms with Crippen LogP contribution in [-0.4, -0.2) is 34.3 Å². The van der Waals surface area contributed by atoms with Crippen LogP contribution in [0.25, 0.3) is 10.2 Å². The third kappa shape index (κ3) is 5.26. The molecule has 1 aliphatic carbocycles. The first-order valence-electron chi connectivity index (χ1n) is 11.2. The van der Waals surface area contributed by atoms with Crippen molar-refractivity contribution in [3.63, 3.8) is 0 Å². The number of nitrogens with zero attached hydrogens (tertiary/aromatic N) is 2. The molecule has 0 bridgehead atoms. The van der Waals surface area contributed by atoms with E-state index in [1.807, 2.05) is 0 Å². The van der Waals surface area contributed by atoms with Crippen molar-refractivity contribution in [2.75, 3.05) is 12.9 Å². The van der Waals surface area contributed by atoms with E-state index >= 15 is 0 Å². The molecule has 1 N–H and O–H groups in total. The smallest absolute Gasteiger partial charge is 0.337 e. The second kappa shape index (κ2) is 11.0. The molecule has 1 aliphatic rings. The molecule has 3 aromatic rings. The Morgan fingerprint density at radius 1 is 1.24 bits per heavy atom. The van der Waals surface area contributed by atoms with Gasteiger partial charge in [-0.3, -0.25) is 14.2 Å². The number of thiophene rings is 1. The Labute approximate surface area is 206 Å². The molecule has 9 heteroatoms. The fourth-order valence-corrected chi connectivity index (χ4v) is 6.20. The second-order valence-electron chi connectivity index (χ2n) is 8.10. The second-order valence-corrected chi connectivity index (χ2v) is 10.1. The third-order valence-electron chi connectivity index (χ3n) is 5.80. The van der Waals surface area contributed by atoms with Gasteiger partial charge in [-0.1, -0.05) is 36.4 Å². The first-order chi connectivity index (χ1) is 16.5. The Balaban J connectivity index is 1.46. The van der Waals surface area contributed by atoms with Crippen LogP contribution in [0.3, 0.4) is 0 Å². The van der Waals surface area contributed by atoms with Gasteiger partial charge in [-0.25, -0.2) is 9.78 Å². The molecule has 2 heterocycles. The minimum Gasteiger partial charge on any atom is -0.465 e. The van der Waals surface area contributed by atoms with Crippen LogP contribution in [0.2, 0.25) is 0 Å². The number of hydrogen-bond acceptors (Lipinski definition) is 7. The average molecular weight is 498 g/mol. The first-order valence-corrected chi connectivity index (χ1v) is 13.0. The molecule has 4 rings (SSSR count). The predicted octanol–water partition coefficient (Wildman–Crippen LogP) is 4.11.